The molecule has 2 aromatic carbocycles. The maximum Gasteiger partial charge on any atom is 0.345 e. The second-order valence-corrected chi connectivity index (χ2v) is 16.8. The van der Waals surface area contributed by atoms with Gasteiger partial charge in [-0.25, -0.2) is 28.3 Å². The van der Waals surface area contributed by atoms with E-state index in [1.54, 1.807) is 12.1 Å². The number of unbranched alkanes of at least 4 members (excludes halogenated alkanes) is 6. The molecule has 0 saturated heterocycles. The minimum absolute atomic E-state index is 0.0438. The topological polar surface area (TPSA) is 184 Å². The largest absolute Gasteiger partial charge is 0.477 e. The maximum atomic E-state index is 12.2. The summed E-state index contributed by atoms with van der Waals surface area (Å²) in [5, 5.41) is 14.1. The van der Waals surface area contributed by atoms with Gasteiger partial charge in [-0.15, -0.1) is 22.7 Å². The van der Waals surface area contributed by atoms with Crippen molar-refractivity contribution >= 4 is 50.2 Å². The Bertz CT molecular complexity index is 2240. The number of ketones is 2. The number of carboxylic acids is 1. The molecule has 0 atom stereocenters. The van der Waals surface area contributed by atoms with Crippen LogP contribution >= 0.6 is 22.7 Å². The quantitative estimate of drug-likeness (QED) is 0.0556. The molecule has 0 unspecified atom stereocenters. The molecule has 14 heteroatoms. The minimum Gasteiger partial charge on any atom is -0.477 e. The number of nitrogens with zero attached hydrogens (tertiary/aromatic N) is 2. The number of benzene rings is 2. The van der Waals surface area contributed by atoms with Crippen molar-refractivity contribution in [1.82, 2.24) is 9.97 Å². The Morgan fingerprint density at radius 2 is 1.05 bits per heavy atom. The third-order valence-electron chi connectivity index (χ3n) is 8.58. The van der Waals surface area contributed by atoms with Gasteiger partial charge in [0.15, 0.2) is 11.5 Å². The van der Waals surface area contributed by atoms with Gasteiger partial charge in [0.1, 0.15) is 9.09 Å². The standard InChI is InChI=1S/C21H21NO4S.C20H22N2O4S2/c23-16(11-7-2-1-4-8-15-9-5-3-6-10-15)20-22-14-17(26-20)18-12-13-19(27-18)21(24)25;21-28(24,25)19-13-12-18(27-19)17-14-22-20(26-17)16(23)11-7-2-1-4-8-15-9-5-3-6-10-15/h3,5-6,9-10,12-14H,1-2,4,7-8,11H2,(H,24,25);3,5-6,9-10,12-14H,1-2,4,7-8,11H2,(H2,21,24,25). The highest BCUT2D eigenvalue weighted by atomic mass is 32.2. The maximum absolute atomic E-state index is 12.2. The van der Waals surface area contributed by atoms with Gasteiger partial charge in [-0.05, 0) is 73.9 Å². The van der Waals surface area contributed by atoms with Crippen molar-refractivity contribution in [3.8, 4) is 21.3 Å². The third-order valence-corrected chi connectivity index (χ3v) is 12.2. The van der Waals surface area contributed by atoms with Gasteiger partial charge in [0.2, 0.25) is 21.6 Å². The lowest BCUT2D eigenvalue weighted by molar-refractivity contribution is 0.0701. The first-order valence-corrected chi connectivity index (χ1v) is 21.3. The number of aromatic nitrogens is 2. The normalized spacial score (nSPS) is 11.2. The van der Waals surface area contributed by atoms with Crippen LogP contribution in [0.5, 0.6) is 0 Å². The lowest BCUT2D eigenvalue weighted by Gasteiger charge is -2.01. The highest BCUT2D eigenvalue weighted by Crippen LogP contribution is 2.31. The highest BCUT2D eigenvalue weighted by Gasteiger charge is 2.18. The molecule has 4 aromatic heterocycles. The minimum atomic E-state index is -3.75. The van der Waals surface area contributed by atoms with Crippen molar-refractivity contribution in [2.45, 2.75) is 81.3 Å². The molecule has 0 saturated carbocycles. The molecule has 3 N–H and O–H groups in total. The number of Topliss-reactive ketones (excluding diaryl/α,β-unsaturated/α-hetero) is 2. The molecule has 6 aromatic rings. The van der Waals surface area contributed by atoms with E-state index in [0.29, 0.717) is 34.1 Å². The lowest BCUT2D eigenvalue weighted by atomic mass is 10.0. The Balaban J connectivity index is 0.000000211. The summed E-state index contributed by atoms with van der Waals surface area (Å²) in [6, 6.07) is 26.9. The van der Waals surface area contributed by atoms with Crippen LogP contribution in [0, 0.1) is 0 Å². The Hall–Kier alpha value is -5.02. The zero-order valence-electron chi connectivity index (χ0n) is 30.2. The number of hydrogen-bond donors (Lipinski definition) is 2. The third kappa shape index (κ3) is 13.1. The van der Waals surface area contributed by atoms with Gasteiger partial charge in [0, 0.05) is 12.8 Å². The lowest BCUT2D eigenvalue weighted by Crippen LogP contribution is -2.09. The van der Waals surface area contributed by atoms with Crippen LogP contribution in [-0.2, 0) is 22.9 Å². The zero-order chi connectivity index (χ0) is 39.0. The van der Waals surface area contributed by atoms with Gasteiger partial charge in [-0.3, -0.25) is 9.59 Å². The summed E-state index contributed by atoms with van der Waals surface area (Å²) < 4.78 is 33.8. The van der Waals surface area contributed by atoms with E-state index < -0.39 is 16.0 Å². The molecule has 0 aliphatic rings. The predicted octanol–water partition coefficient (Wildman–Crippen LogP) is 9.90. The first-order chi connectivity index (χ1) is 26.6. The molecule has 55 heavy (non-hydrogen) atoms. The number of thiophene rings is 2. The molecule has 0 aliphatic carbocycles. The van der Waals surface area contributed by atoms with Crippen molar-refractivity contribution in [2.24, 2.45) is 5.14 Å². The molecule has 0 fully saturated rings. The van der Waals surface area contributed by atoms with Crippen LogP contribution in [0.15, 0.2) is 110 Å². The van der Waals surface area contributed by atoms with E-state index in [0.717, 1.165) is 86.9 Å². The molecule has 0 amide bonds. The number of sulfonamides is 1. The Kier molecular flexibility index (Phi) is 15.4. The monoisotopic (exact) mass is 801 g/mol. The Morgan fingerprint density at radius 3 is 1.49 bits per heavy atom. The summed E-state index contributed by atoms with van der Waals surface area (Å²) in [4.78, 5) is 44.9. The zero-order valence-corrected chi connectivity index (χ0v) is 32.7. The van der Waals surface area contributed by atoms with Crippen LogP contribution in [-0.4, -0.2) is 41.0 Å². The number of nitrogens with two attached hydrogens (primary N) is 1. The fourth-order valence-electron chi connectivity index (χ4n) is 5.66. The first-order valence-electron chi connectivity index (χ1n) is 18.1. The predicted molar refractivity (Wildman–Crippen MR) is 213 cm³/mol. The molecule has 11 nitrogen and oxygen atoms in total. The molecular weight excluding hydrogens is 759 g/mol. The molecule has 6 rings (SSSR count). The van der Waals surface area contributed by atoms with Crippen LogP contribution in [0.3, 0.4) is 0 Å². The molecule has 0 bridgehead atoms. The average Bonchev–Trinajstić information content (AvgIpc) is 4.02. The van der Waals surface area contributed by atoms with E-state index >= 15 is 0 Å². The van der Waals surface area contributed by atoms with Crippen LogP contribution in [0.1, 0.15) is 106 Å². The molecule has 0 spiro atoms. The van der Waals surface area contributed by atoms with Crippen molar-refractivity contribution in [1.29, 1.82) is 0 Å². The summed E-state index contributed by atoms with van der Waals surface area (Å²) in [6.07, 6.45) is 13.8. The van der Waals surface area contributed by atoms with Crippen molar-refractivity contribution in [3.63, 3.8) is 0 Å². The van der Waals surface area contributed by atoms with Crippen molar-refractivity contribution < 1.29 is 36.7 Å². The summed E-state index contributed by atoms with van der Waals surface area (Å²) in [6.45, 7) is 0. The van der Waals surface area contributed by atoms with Crippen LogP contribution in [0.4, 0.5) is 0 Å². The first kappa shape index (κ1) is 41.1. The van der Waals surface area contributed by atoms with Gasteiger partial charge in [-0.1, -0.05) is 86.3 Å². The van der Waals surface area contributed by atoms with E-state index in [9.17, 15) is 22.8 Å². The van der Waals surface area contributed by atoms with Gasteiger partial charge < -0.3 is 13.9 Å². The van der Waals surface area contributed by atoms with Crippen molar-refractivity contribution in [2.75, 3.05) is 0 Å². The fourth-order valence-corrected chi connectivity index (χ4v) is 8.13. The Morgan fingerprint density at radius 1 is 0.600 bits per heavy atom. The molecule has 4 heterocycles. The smallest absolute Gasteiger partial charge is 0.345 e. The van der Waals surface area contributed by atoms with E-state index in [4.69, 9.17) is 19.1 Å². The highest BCUT2D eigenvalue weighted by molar-refractivity contribution is 7.91. The van der Waals surface area contributed by atoms with Gasteiger partial charge in [0.05, 0.1) is 22.1 Å². The summed E-state index contributed by atoms with van der Waals surface area (Å²) in [7, 11) is -3.75. The van der Waals surface area contributed by atoms with Crippen LogP contribution in [0.2, 0.25) is 0 Å². The van der Waals surface area contributed by atoms with Crippen LogP contribution in [0.25, 0.3) is 21.3 Å². The van der Waals surface area contributed by atoms with Gasteiger partial charge >= 0.3 is 5.97 Å². The van der Waals surface area contributed by atoms with Crippen LogP contribution < -0.4 is 5.14 Å². The van der Waals surface area contributed by atoms with E-state index in [-0.39, 0.29) is 32.4 Å². The second kappa shape index (κ2) is 20.6. The molecule has 288 valence electrons. The van der Waals surface area contributed by atoms with E-state index in [1.807, 2.05) is 24.3 Å². The molecule has 0 radical (unpaired) electrons. The number of carbonyl (C=O) groups excluding carboxylic acids is 2. The number of carboxylic acid groups (broad SMARTS) is 1. The summed E-state index contributed by atoms with van der Waals surface area (Å²) in [5.74, 6) is -0.277. The average molecular weight is 802 g/mol. The number of hydrogen-bond acceptors (Lipinski definition) is 11. The fraction of sp³-hybridized carbons (Fsp3) is 0.293. The Labute approximate surface area is 328 Å². The second-order valence-electron chi connectivity index (χ2n) is 12.8. The molecule has 0 aliphatic heterocycles. The summed E-state index contributed by atoms with van der Waals surface area (Å²) in [5.41, 5.74) is 2.69. The number of carbonyl (C=O) groups is 3. The molecular formula is C41H43N3O8S3. The number of aryl methyl sites for hydroxylation is 2. The van der Waals surface area contributed by atoms with E-state index in [2.05, 4.69) is 46.4 Å². The van der Waals surface area contributed by atoms with Crippen molar-refractivity contribution in [3.05, 3.63) is 125 Å². The number of oxazole rings is 2. The number of primary sulfonamides is 1. The number of rotatable bonds is 20. The van der Waals surface area contributed by atoms with Gasteiger partial charge in [0.25, 0.3) is 11.8 Å². The summed E-state index contributed by atoms with van der Waals surface area (Å²) >= 11 is 2.08. The van der Waals surface area contributed by atoms with E-state index in [1.165, 1.54) is 35.7 Å². The SMILES string of the molecule is NS(=O)(=O)c1ccc(-c2cnc(C(=O)CCCCCCc3ccccc3)o2)s1.O=C(CCCCCCc1ccccc1)c1ncc(-c2ccc(C(=O)O)s2)o1. The number of aromatic carboxylic acids is 1. The van der Waals surface area contributed by atoms with Gasteiger partial charge in [-0.2, -0.15) is 0 Å².